The quantitative estimate of drug-likeness (QED) is 0.159. The topological polar surface area (TPSA) is 6.48 Å². The van der Waals surface area contributed by atoms with Crippen LogP contribution in [-0.2, 0) is 5.41 Å². The number of hydrogen-bond acceptors (Lipinski definition) is 2. The summed E-state index contributed by atoms with van der Waals surface area (Å²) in [7, 11) is 0. The summed E-state index contributed by atoms with van der Waals surface area (Å²) in [5.74, 6) is 0.328. The van der Waals surface area contributed by atoms with Crippen molar-refractivity contribution in [2.45, 2.75) is 25.2 Å². The molecular formula is C64H45BN2. The molecule has 2 aliphatic heterocycles. The van der Waals surface area contributed by atoms with Crippen LogP contribution in [0, 0.1) is 0 Å². The van der Waals surface area contributed by atoms with Gasteiger partial charge in [0.25, 0.3) is 6.71 Å². The third-order valence-corrected chi connectivity index (χ3v) is 15.2. The fourth-order valence-electron chi connectivity index (χ4n) is 12.3. The summed E-state index contributed by atoms with van der Waals surface area (Å²) in [5.41, 5.74) is 27.8. The molecule has 0 fully saturated rings. The van der Waals surface area contributed by atoms with Gasteiger partial charge in [0, 0.05) is 34.1 Å². The van der Waals surface area contributed by atoms with Crippen molar-refractivity contribution in [3.63, 3.8) is 0 Å². The van der Waals surface area contributed by atoms with Crippen LogP contribution in [0.4, 0.5) is 34.1 Å². The summed E-state index contributed by atoms with van der Waals surface area (Å²) in [5, 5.41) is 0. The molecule has 10 aromatic carbocycles. The minimum absolute atomic E-state index is 0.0465. The first-order valence-electron chi connectivity index (χ1n) is 23.7. The lowest BCUT2D eigenvalue weighted by Gasteiger charge is -2.44. The van der Waals surface area contributed by atoms with Crippen LogP contribution in [-0.4, -0.2) is 6.71 Å². The first-order chi connectivity index (χ1) is 33.1. The molecule has 10 aromatic rings. The first kappa shape index (κ1) is 38.2. The van der Waals surface area contributed by atoms with Gasteiger partial charge < -0.3 is 9.80 Å². The zero-order valence-corrected chi connectivity index (χ0v) is 37.5. The second kappa shape index (κ2) is 14.4. The SMILES string of the molecule is CC(C)c1cc2c3c(c1)N(c1ccccc1)c1ccc(-c4ccccc4)cc1B3c1ccccc1N2c1ccc(-c2ccc3c(c2)C2(c4ccccc4-c4ccccc42)c2ccccc2-3)cc1. The molecule has 0 unspecified atom stereocenters. The van der Waals surface area contributed by atoms with Gasteiger partial charge in [-0.3, -0.25) is 0 Å². The zero-order valence-electron chi connectivity index (χ0n) is 37.5. The van der Waals surface area contributed by atoms with E-state index in [1.54, 1.807) is 0 Å². The van der Waals surface area contributed by atoms with E-state index in [0.29, 0.717) is 5.92 Å². The summed E-state index contributed by atoms with van der Waals surface area (Å²) in [6.45, 7) is 4.68. The molecule has 314 valence electrons. The average Bonchev–Trinajstić information content (AvgIpc) is 3.86. The number of fused-ring (bicyclic) bond motifs is 14. The van der Waals surface area contributed by atoms with Crippen molar-refractivity contribution >= 4 is 57.2 Å². The third-order valence-electron chi connectivity index (χ3n) is 15.2. The van der Waals surface area contributed by atoms with Crippen LogP contribution in [0.15, 0.2) is 231 Å². The maximum atomic E-state index is 2.54. The standard InChI is InChI=1S/C64H45BN2/c1-41(2)46-39-61-63-62(40-46)67(59-28-16-15-27-57(59)65(63)58-38-45(42-17-5-3-6-18-42)32-36-60(58)66(61)47-19-7-4-8-20-47)48-33-29-43(30-34-48)44-31-35-52-51-23-11-14-26-55(51)64(56(52)37-44)53-24-12-9-21-49(53)50-22-10-13-25-54(50)64/h3-41H,1-2H3. The summed E-state index contributed by atoms with van der Waals surface area (Å²) >= 11 is 0. The van der Waals surface area contributed by atoms with Crippen LogP contribution in [0.5, 0.6) is 0 Å². The van der Waals surface area contributed by atoms with Gasteiger partial charge in [-0.1, -0.05) is 190 Å². The second-order valence-corrected chi connectivity index (χ2v) is 19.0. The summed E-state index contributed by atoms with van der Waals surface area (Å²) in [4.78, 5) is 5.05. The minimum Gasteiger partial charge on any atom is -0.311 e. The predicted molar refractivity (Wildman–Crippen MR) is 282 cm³/mol. The van der Waals surface area contributed by atoms with E-state index in [1.165, 1.54) is 111 Å². The molecule has 0 aromatic heterocycles. The van der Waals surface area contributed by atoms with Crippen molar-refractivity contribution in [1.29, 1.82) is 0 Å². The lowest BCUT2D eigenvalue weighted by molar-refractivity contribution is 0.794. The van der Waals surface area contributed by atoms with E-state index in [1.807, 2.05) is 0 Å². The Morgan fingerprint density at radius 3 is 1.43 bits per heavy atom. The van der Waals surface area contributed by atoms with E-state index in [-0.39, 0.29) is 12.1 Å². The predicted octanol–water partition coefficient (Wildman–Crippen LogP) is 14.6. The van der Waals surface area contributed by atoms with E-state index in [4.69, 9.17) is 0 Å². The Hall–Kier alpha value is -8.14. The maximum absolute atomic E-state index is 2.54. The van der Waals surface area contributed by atoms with Crippen LogP contribution < -0.4 is 26.2 Å². The zero-order chi connectivity index (χ0) is 44.4. The van der Waals surface area contributed by atoms with Crippen LogP contribution in [0.2, 0.25) is 0 Å². The average molecular weight is 853 g/mol. The molecule has 0 bridgehead atoms. The van der Waals surface area contributed by atoms with Crippen molar-refractivity contribution in [3.8, 4) is 44.5 Å². The smallest absolute Gasteiger partial charge is 0.252 e. The summed E-state index contributed by atoms with van der Waals surface area (Å²) in [6.07, 6.45) is 0. The van der Waals surface area contributed by atoms with Gasteiger partial charge >= 0.3 is 0 Å². The van der Waals surface area contributed by atoms with Gasteiger partial charge in [-0.25, -0.2) is 0 Å². The van der Waals surface area contributed by atoms with Gasteiger partial charge in [-0.2, -0.15) is 0 Å². The molecule has 3 heteroatoms. The highest BCUT2D eigenvalue weighted by atomic mass is 15.2. The monoisotopic (exact) mass is 852 g/mol. The lowest BCUT2D eigenvalue weighted by atomic mass is 9.33. The Morgan fingerprint density at radius 2 is 0.806 bits per heavy atom. The number of rotatable bonds is 5. The Balaban J connectivity index is 0.941. The highest BCUT2D eigenvalue weighted by Crippen LogP contribution is 2.63. The number of hydrogen-bond donors (Lipinski definition) is 0. The molecule has 1 spiro atoms. The second-order valence-electron chi connectivity index (χ2n) is 19.0. The van der Waals surface area contributed by atoms with Crippen LogP contribution in [0.1, 0.15) is 47.6 Å². The molecule has 0 saturated carbocycles. The van der Waals surface area contributed by atoms with E-state index >= 15 is 0 Å². The van der Waals surface area contributed by atoms with E-state index in [9.17, 15) is 0 Å². The fourth-order valence-corrected chi connectivity index (χ4v) is 12.3. The number of benzene rings is 10. The molecule has 0 radical (unpaired) electrons. The van der Waals surface area contributed by atoms with Crippen molar-refractivity contribution in [2.24, 2.45) is 0 Å². The Morgan fingerprint density at radius 1 is 0.343 bits per heavy atom. The minimum atomic E-state index is -0.377. The Labute approximate surface area is 393 Å². The van der Waals surface area contributed by atoms with Crippen LogP contribution >= 0.6 is 0 Å². The van der Waals surface area contributed by atoms with Gasteiger partial charge in [-0.15, -0.1) is 0 Å². The molecule has 67 heavy (non-hydrogen) atoms. The fraction of sp³-hybridized carbons (Fsp3) is 0.0625. The van der Waals surface area contributed by atoms with E-state index < -0.39 is 0 Å². The molecule has 0 N–H and O–H groups in total. The lowest BCUT2D eigenvalue weighted by Crippen LogP contribution is -2.61. The van der Waals surface area contributed by atoms with Crippen LogP contribution in [0.25, 0.3) is 44.5 Å². The number of para-hydroxylation sites is 2. The molecule has 0 amide bonds. The first-order valence-corrected chi connectivity index (χ1v) is 23.7. The summed E-state index contributed by atoms with van der Waals surface area (Å²) < 4.78 is 0. The number of anilines is 6. The van der Waals surface area contributed by atoms with Gasteiger partial charge in [0.05, 0.1) is 5.41 Å². The van der Waals surface area contributed by atoms with Crippen molar-refractivity contribution < 1.29 is 0 Å². The largest absolute Gasteiger partial charge is 0.311 e. The Bertz CT molecular complexity index is 3570. The third kappa shape index (κ3) is 5.34. The molecule has 0 atom stereocenters. The Kier molecular flexibility index (Phi) is 8.22. The maximum Gasteiger partial charge on any atom is 0.252 e. The van der Waals surface area contributed by atoms with Crippen LogP contribution in [0.3, 0.4) is 0 Å². The highest BCUT2D eigenvalue weighted by molar-refractivity contribution is 7.00. The van der Waals surface area contributed by atoms with Gasteiger partial charge in [0.2, 0.25) is 0 Å². The van der Waals surface area contributed by atoms with Crippen molar-refractivity contribution in [2.75, 3.05) is 9.80 Å². The molecule has 2 heterocycles. The van der Waals surface area contributed by atoms with Crippen molar-refractivity contribution in [3.05, 3.63) is 258 Å². The molecule has 2 nitrogen and oxygen atoms in total. The van der Waals surface area contributed by atoms with Gasteiger partial charge in [0.1, 0.15) is 0 Å². The molecule has 0 saturated heterocycles. The normalized spacial score (nSPS) is 14.0. The number of nitrogens with zero attached hydrogens (tertiary/aromatic N) is 2. The van der Waals surface area contributed by atoms with E-state index in [2.05, 4.69) is 254 Å². The van der Waals surface area contributed by atoms with Gasteiger partial charge in [0.15, 0.2) is 0 Å². The molecule has 4 aliphatic rings. The molecule has 14 rings (SSSR count). The molecular weight excluding hydrogens is 808 g/mol. The summed E-state index contributed by atoms with van der Waals surface area (Å²) in [6, 6.07) is 86.7. The van der Waals surface area contributed by atoms with Gasteiger partial charge in [-0.05, 0) is 149 Å². The highest BCUT2D eigenvalue weighted by Gasteiger charge is 2.51. The molecule has 2 aliphatic carbocycles. The van der Waals surface area contributed by atoms with E-state index in [0.717, 1.165) is 11.4 Å². The van der Waals surface area contributed by atoms with Crippen molar-refractivity contribution in [1.82, 2.24) is 0 Å².